The van der Waals surface area contributed by atoms with Crippen LogP contribution in [-0.2, 0) is 16.0 Å². The number of hydrogen-bond acceptors (Lipinski definition) is 4. The Hall–Kier alpha value is -2.51. The summed E-state index contributed by atoms with van der Waals surface area (Å²) < 4.78 is 5.08. The van der Waals surface area contributed by atoms with Crippen molar-refractivity contribution >= 4 is 17.9 Å². The Bertz CT molecular complexity index is 430. The maximum absolute atomic E-state index is 11.3. The Morgan fingerprint density at radius 2 is 1.95 bits per heavy atom. The smallest absolute Gasteiger partial charge is 0.322 e. The standard InChI is InChI=1S/C11H15N3O5/c15-9(13-7-10(16)17)6-14-11(18)12-4-3-8-2-1-5-19-8/h1-2,5H,3-4,6-7H2,(H,13,15)(H,16,17)(H2,12,14,18). The van der Waals surface area contributed by atoms with Crippen LogP contribution in [0.5, 0.6) is 0 Å². The molecule has 0 aliphatic carbocycles. The fourth-order valence-electron chi connectivity index (χ4n) is 1.21. The number of carbonyl (C=O) groups excluding carboxylic acids is 2. The number of carbonyl (C=O) groups is 3. The highest BCUT2D eigenvalue weighted by atomic mass is 16.4. The van der Waals surface area contributed by atoms with Gasteiger partial charge in [-0.15, -0.1) is 0 Å². The van der Waals surface area contributed by atoms with Crippen LogP contribution in [0.1, 0.15) is 5.76 Å². The van der Waals surface area contributed by atoms with Gasteiger partial charge in [-0.25, -0.2) is 4.79 Å². The third-order valence-corrected chi connectivity index (χ3v) is 2.08. The van der Waals surface area contributed by atoms with Crippen molar-refractivity contribution in [3.63, 3.8) is 0 Å². The number of carboxylic acid groups (broad SMARTS) is 1. The first kappa shape index (κ1) is 14.6. The molecule has 1 aromatic rings. The third-order valence-electron chi connectivity index (χ3n) is 2.08. The van der Waals surface area contributed by atoms with Crippen LogP contribution in [0.25, 0.3) is 0 Å². The van der Waals surface area contributed by atoms with Gasteiger partial charge in [-0.2, -0.15) is 0 Å². The first-order valence-corrected chi connectivity index (χ1v) is 5.60. The molecular weight excluding hydrogens is 254 g/mol. The van der Waals surface area contributed by atoms with Crippen LogP contribution in [0.2, 0.25) is 0 Å². The van der Waals surface area contributed by atoms with Gasteiger partial charge in [0.05, 0.1) is 12.8 Å². The van der Waals surface area contributed by atoms with Gasteiger partial charge in [0, 0.05) is 13.0 Å². The van der Waals surface area contributed by atoms with Gasteiger partial charge in [-0.1, -0.05) is 0 Å². The molecule has 0 atom stereocenters. The maximum Gasteiger partial charge on any atom is 0.322 e. The molecule has 0 fully saturated rings. The Balaban J connectivity index is 2.07. The fraction of sp³-hybridized carbons (Fsp3) is 0.364. The molecule has 0 aliphatic heterocycles. The van der Waals surface area contributed by atoms with E-state index in [1.54, 1.807) is 18.4 Å². The molecule has 0 bridgehead atoms. The summed E-state index contributed by atoms with van der Waals surface area (Å²) in [5.41, 5.74) is 0. The van der Waals surface area contributed by atoms with Crippen molar-refractivity contribution in [1.82, 2.24) is 16.0 Å². The van der Waals surface area contributed by atoms with Gasteiger partial charge >= 0.3 is 12.0 Å². The van der Waals surface area contributed by atoms with Crippen molar-refractivity contribution in [3.05, 3.63) is 24.2 Å². The van der Waals surface area contributed by atoms with Gasteiger partial charge in [0.2, 0.25) is 5.91 Å². The second kappa shape index (κ2) is 7.75. The quantitative estimate of drug-likeness (QED) is 0.522. The van der Waals surface area contributed by atoms with E-state index in [4.69, 9.17) is 9.52 Å². The highest BCUT2D eigenvalue weighted by molar-refractivity contribution is 5.86. The lowest BCUT2D eigenvalue weighted by Crippen LogP contribution is -2.43. The molecule has 1 rings (SSSR count). The highest BCUT2D eigenvalue weighted by Gasteiger charge is 2.06. The maximum atomic E-state index is 11.3. The van der Waals surface area contributed by atoms with Crippen LogP contribution >= 0.6 is 0 Å². The normalized spacial score (nSPS) is 9.68. The SMILES string of the molecule is O=C(O)CNC(=O)CNC(=O)NCCc1ccco1. The third kappa shape index (κ3) is 6.71. The van der Waals surface area contributed by atoms with Crippen LogP contribution in [-0.4, -0.2) is 42.6 Å². The minimum Gasteiger partial charge on any atom is -0.480 e. The van der Waals surface area contributed by atoms with Gasteiger partial charge in [0.15, 0.2) is 0 Å². The van der Waals surface area contributed by atoms with E-state index in [1.165, 1.54) is 0 Å². The number of nitrogens with one attached hydrogen (secondary N) is 3. The van der Waals surface area contributed by atoms with Crippen LogP contribution < -0.4 is 16.0 Å². The van der Waals surface area contributed by atoms with E-state index in [0.29, 0.717) is 13.0 Å². The molecule has 0 aliphatic rings. The van der Waals surface area contributed by atoms with Crippen LogP contribution in [0.3, 0.4) is 0 Å². The van der Waals surface area contributed by atoms with Crippen LogP contribution in [0, 0.1) is 0 Å². The molecular formula is C11H15N3O5. The van der Waals surface area contributed by atoms with Crippen molar-refractivity contribution in [1.29, 1.82) is 0 Å². The Labute approximate surface area is 109 Å². The largest absolute Gasteiger partial charge is 0.480 e. The van der Waals surface area contributed by atoms with Crippen molar-refractivity contribution < 1.29 is 23.9 Å². The molecule has 19 heavy (non-hydrogen) atoms. The number of aliphatic carboxylic acids is 1. The molecule has 1 aromatic heterocycles. The zero-order valence-electron chi connectivity index (χ0n) is 10.1. The molecule has 8 heteroatoms. The lowest BCUT2D eigenvalue weighted by Gasteiger charge is -2.06. The van der Waals surface area contributed by atoms with E-state index in [-0.39, 0.29) is 6.54 Å². The monoisotopic (exact) mass is 269 g/mol. The van der Waals surface area contributed by atoms with Gasteiger partial charge < -0.3 is 25.5 Å². The summed E-state index contributed by atoms with van der Waals surface area (Å²) in [6.45, 7) is -0.378. The van der Waals surface area contributed by atoms with E-state index < -0.39 is 24.5 Å². The molecule has 104 valence electrons. The van der Waals surface area contributed by atoms with Crippen molar-refractivity contribution in [2.45, 2.75) is 6.42 Å². The summed E-state index contributed by atoms with van der Waals surface area (Å²) in [5.74, 6) is -0.959. The predicted octanol–water partition coefficient (Wildman–Crippen LogP) is -0.678. The number of urea groups is 1. The van der Waals surface area contributed by atoms with E-state index in [2.05, 4.69) is 16.0 Å². The number of amides is 3. The average Bonchev–Trinajstić information content (AvgIpc) is 2.87. The summed E-state index contributed by atoms with van der Waals surface area (Å²) >= 11 is 0. The van der Waals surface area contributed by atoms with E-state index in [9.17, 15) is 14.4 Å². The minimum atomic E-state index is -1.14. The van der Waals surface area contributed by atoms with Gasteiger partial charge in [0.1, 0.15) is 12.3 Å². The molecule has 0 aromatic carbocycles. The molecule has 0 saturated carbocycles. The molecule has 0 unspecified atom stereocenters. The Morgan fingerprint density at radius 3 is 2.58 bits per heavy atom. The van der Waals surface area contributed by atoms with Crippen molar-refractivity contribution in [3.8, 4) is 0 Å². The van der Waals surface area contributed by atoms with E-state index in [1.807, 2.05) is 0 Å². The molecule has 8 nitrogen and oxygen atoms in total. The van der Waals surface area contributed by atoms with Crippen molar-refractivity contribution in [2.24, 2.45) is 0 Å². The van der Waals surface area contributed by atoms with Gasteiger partial charge in [-0.3, -0.25) is 9.59 Å². The first-order chi connectivity index (χ1) is 9.08. The second-order valence-corrected chi connectivity index (χ2v) is 3.61. The summed E-state index contributed by atoms with van der Waals surface area (Å²) in [6.07, 6.45) is 2.09. The van der Waals surface area contributed by atoms with Gasteiger partial charge in [0.25, 0.3) is 0 Å². The average molecular weight is 269 g/mol. The summed E-state index contributed by atoms with van der Waals surface area (Å²) in [4.78, 5) is 32.5. The molecule has 3 amide bonds. The number of carboxylic acids is 1. The summed E-state index contributed by atoms with van der Waals surface area (Å²) in [6, 6.07) is 3.04. The van der Waals surface area contributed by atoms with Crippen LogP contribution in [0.15, 0.2) is 22.8 Å². The minimum absolute atomic E-state index is 0.278. The summed E-state index contributed by atoms with van der Waals surface area (Å²) in [7, 11) is 0. The number of hydrogen-bond donors (Lipinski definition) is 4. The highest BCUT2D eigenvalue weighted by Crippen LogP contribution is 1.99. The van der Waals surface area contributed by atoms with Crippen molar-refractivity contribution in [2.75, 3.05) is 19.6 Å². The van der Waals surface area contributed by atoms with E-state index in [0.717, 1.165) is 5.76 Å². The second-order valence-electron chi connectivity index (χ2n) is 3.61. The molecule has 0 spiro atoms. The first-order valence-electron chi connectivity index (χ1n) is 5.60. The lowest BCUT2D eigenvalue weighted by molar-refractivity contribution is -0.137. The molecule has 4 N–H and O–H groups in total. The summed E-state index contributed by atoms with van der Waals surface area (Å²) in [5, 5.41) is 15.3. The fourth-order valence-corrected chi connectivity index (χ4v) is 1.21. The topological polar surface area (TPSA) is 121 Å². The molecule has 0 saturated heterocycles. The lowest BCUT2D eigenvalue weighted by atomic mass is 10.3. The Morgan fingerprint density at radius 1 is 1.16 bits per heavy atom. The van der Waals surface area contributed by atoms with Gasteiger partial charge in [-0.05, 0) is 12.1 Å². The zero-order valence-corrected chi connectivity index (χ0v) is 10.1. The number of rotatable bonds is 7. The molecule has 0 radical (unpaired) electrons. The number of furan rings is 1. The zero-order chi connectivity index (χ0) is 14.1. The molecule has 1 heterocycles. The Kier molecular flexibility index (Phi) is 5.93. The van der Waals surface area contributed by atoms with E-state index >= 15 is 0 Å². The van der Waals surface area contributed by atoms with Crippen LogP contribution in [0.4, 0.5) is 4.79 Å². The predicted molar refractivity (Wildman–Crippen MR) is 64.5 cm³/mol.